The second-order valence-electron chi connectivity index (χ2n) is 4.35. The van der Waals surface area contributed by atoms with E-state index in [0.717, 1.165) is 11.4 Å². The molecule has 0 spiro atoms. The first kappa shape index (κ1) is 15.0. The first-order valence-corrected chi connectivity index (χ1v) is 5.79. The van der Waals surface area contributed by atoms with E-state index < -0.39 is 34.8 Å². The predicted octanol–water partition coefficient (Wildman–Crippen LogP) is 3.77. The molecule has 2 N–H and O–H groups in total. The number of hydrazone groups is 1. The van der Waals surface area contributed by atoms with Gasteiger partial charge in [0.2, 0.25) is 5.82 Å². The average Bonchev–Trinajstić information content (AvgIpc) is 2.76. The lowest BCUT2D eigenvalue weighted by Crippen LogP contribution is -2.06. The summed E-state index contributed by atoms with van der Waals surface area (Å²) in [7, 11) is 0. The Morgan fingerprint density at radius 3 is 1.95 bits per heavy atom. The largest absolute Gasteiger partial charge is 0.362 e. The summed E-state index contributed by atoms with van der Waals surface area (Å²) in [6.07, 6.45) is 1.21. The second kappa shape index (κ2) is 5.55. The SMILES string of the molecule is Cc1cc(/C=N/Nc2c(F)c(F)c(F)c(F)c2F)c(C)[nH]1. The highest BCUT2D eigenvalue weighted by molar-refractivity contribution is 5.82. The molecule has 0 fully saturated rings. The lowest BCUT2D eigenvalue weighted by atomic mass is 10.2. The highest BCUT2D eigenvalue weighted by atomic mass is 19.2. The first-order chi connectivity index (χ1) is 9.82. The molecule has 1 aromatic carbocycles. The molecule has 21 heavy (non-hydrogen) atoms. The molecule has 0 atom stereocenters. The van der Waals surface area contributed by atoms with E-state index in [4.69, 9.17) is 0 Å². The van der Waals surface area contributed by atoms with E-state index >= 15 is 0 Å². The van der Waals surface area contributed by atoms with Crippen LogP contribution in [0.25, 0.3) is 0 Å². The van der Waals surface area contributed by atoms with E-state index in [-0.39, 0.29) is 0 Å². The molecule has 3 nitrogen and oxygen atoms in total. The van der Waals surface area contributed by atoms with Crippen LogP contribution in [0.2, 0.25) is 0 Å². The molecule has 1 aromatic heterocycles. The van der Waals surface area contributed by atoms with Crippen molar-refractivity contribution in [3.05, 3.63) is 52.1 Å². The quantitative estimate of drug-likeness (QED) is 0.293. The third-order valence-corrected chi connectivity index (χ3v) is 2.78. The van der Waals surface area contributed by atoms with Crippen molar-refractivity contribution in [2.24, 2.45) is 5.10 Å². The number of hydrogen-bond acceptors (Lipinski definition) is 2. The number of aromatic nitrogens is 1. The third kappa shape index (κ3) is 2.74. The fourth-order valence-electron chi connectivity index (χ4n) is 1.75. The van der Waals surface area contributed by atoms with Crippen LogP contribution in [0.1, 0.15) is 17.0 Å². The van der Waals surface area contributed by atoms with Crippen molar-refractivity contribution in [2.45, 2.75) is 13.8 Å². The Kier molecular flexibility index (Phi) is 3.97. The summed E-state index contributed by atoms with van der Waals surface area (Å²) >= 11 is 0. The first-order valence-electron chi connectivity index (χ1n) is 5.79. The summed E-state index contributed by atoms with van der Waals surface area (Å²) < 4.78 is 65.5. The Morgan fingerprint density at radius 1 is 0.952 bits per heavy atom. The van der Waals surface area contributed by atoms with Gasteiger partial charge in [0.15, 0.2) is 23.3 Å². The van der Waals surface area contributed by atoms with E-state index in [9.17, 15) is 22.0 Å². The Hall–Kier alpha value is -2.38. The molecule has 2 rings (SSSR count). The Labute approximate surface area is 116 Å². The molecule has 8 heteroatoms. The van der Waals surface area contributed by atoms with Gasteiger partial charge in [-0.25, -0.2) is 22.0 Å². The smallest absolute Gasteiger partial charge is 0.200 e. The van der Waals surface area contributed by atoms with Gasteiger partial charge in [0.25, 0.3) is 0 Å². The summed E-state index contributed by atoms with van der Waals surface area (Å²) in [5.74, 6) is -10.2. The van der Waals surface area contributed by atoms with E-state index in [0.29, 0.717) is 5.56 Å². The van der Waals surface area contributed by atoms with Crippen molar-refractivity contribution >= 4 is 11.9 Å². The van der Waals surface area contributed by atoms with Gasteiger partial charge in [-0.3, -0.25) is 5.43 Å². The minimum Gasteiger partial charge on any atom is -0.362 e. The number of halogens is 5. The lowest BCUT2D eigenvalue weighted by Gasteiger charge is -2.06. The van der Waals surface area contributed by atoms with Crippen molar-refractivity contribution in [1.82, 2.24) is 4.98 Å². The maximum Gasteiger partial charge on any atom is 0.200 e. The number of aromatic amines is 1. The predicted molar refractivity (Wildman–Crippen MR) is 67.7 cm³/mol. The van der Waals surface area contributed by atoms with Gasteiger partial charge in [-0.15, -0.1) is 0 Å². The van der Waals surface area contributed by atoms with Gasteiger partial charge in [0, 0.05) is 17.0 Å². The molecule has 0 aliphatic heterocycles. The van der Waals surface area contributed by atoms with Crippen LogP contribution in [-0.2, 0) is 0 Å². The zero-order valence-corrected chi connectivity index (χ0v) is 11.0. The van der Waals surface area contributed by atoms with E-state index in [1.54, 1.807) is 19.9 Å². The number of anilines is 1. The van der Waals surface area contributed by atoms with Gasteiger partial charge < -0.3 is 4.98 Å². The average molecular weight is 303 g/mol. The number of rotatable bonds is 3. The molecular formula is C13H10F5N3. The standard InChI is InChI=1S/C13H10F5N3/c1-5-3-7(6(2)20-5)4-19-21-13-11(17)9(15)8(14)10(16)12(13)18/h3-4,20-21H,1-2H3/b19-4+. The molecule has 0 aliphatic carbocycles. The molecule has 0 saturated carbocycles. The van der Waals surface area contributed by atoms with Crippen LogP contribution in [0.4, 0.5) is 27.6 Å². The summed E-state index contributed by atoms with van der Waals surface area (Å²) in [6.45, 7) is 3.54. The molecule has 0 saturated heterocycles. The van der Waals surface area contributed by atoms with Crippen LogP contribution in [0.5, 0.6) is 0 Å². The van der Waals surface area contributed by atoms with Crippen LogP contribution >= 0.6 is 0 Å². The van der Waals surface area contributed by atoms with Gasteiger partial charge >= 0.3 is 0 Å². The van der Waals surface area contributed by atoms with Crippen LogP contribution in [0, 0.1) is 42.9 Å². The molecule has 112 valence electrons. The number of nitrogens with zero attached hydrogens (tertiary/aromatic N) is 1. The summed E-state index contributed by atoms with van der Waals surface area (Å²) in [6, 6.07) is 1.71. The molecule has 0 unspecified atom stereocenters. The molecule has 0 amide bonds. The fourth-order valence-corrected chi connectivity index (χ4v) is 1.75. The molecular weight excluding hydrogens is 293 g/mol. The van der Waals surface area contributed by atoms with Gasteiger partial charge in [0.05, 0.1) is 6.21 Å². The Morgan fingerprint density at radius 2 is 1.48 bits per heavy atom. The Balaban J connectivity index is 2.31. The van der Waals surface area contributed by atoms with Crippen LogP contribution in [0.3, 0.4) is 0 Å². The van der Waals surface area contributed by atoms with E-state index in [1.165, 1.54) is 6.21 Å². The zero-order chi connectivity index (χ0) is 15.7. The van der Waals surface area contributed by atoms with Gasteiger partial charge in [-0.1, -0.05) is 0 Å². The highest BCUT2D eigenvalue weighted by Gasteiger charge is 2.25. The minimum absolute atomic E-state index is 0.615. The van der Waals surface area contributed by atoms with Crippen molar-refractivity contribution in [3.63, 3.8) is 0 Å². The molecule has 0 aliphatic rings. The normalized spacial score (nSPS) is 11.4. The summed E-state index contributed by atoms with van der Waals surface area (Å²) in [5, 5.41) is 3.49. The zero-order valence-electron chi connectivity index (χ0n) is 11.0. The van der Waals surface area contributed by atoms with Crippen molar-refractivity contribution in [2.75, 3.05) is 5.43 Å². The number of hydrogen-bond donors (Lipinski definition) is 2. The molecule has 2 aromatic rings. The molecule has 0 radical (unpaired) electrons. The number of H-pyrrole nitrogens is 1. The Bertz CT molecular complexity index is 692. The third-order valence-electron chi connectivity index (χ3n) is 2.78. The summed E-state index contributed by atoms with van der Waals surface area (Å²) in [4.78, 5) is 2.97. The van der Waals surface area contributed by atoms with Crippen LogP contribution in [0.15, 0.2) is 11.2 Å². The number of aryl methyl sites for hydroxylation is 2. The maximum absolute atomic E-state index is 13.3. The fraction of sp³-hybridized carbons (Fsp3) is 0.154. The lowest BCUT2D eigenvalue weighted by molar-refractivity contribution is 0.381. The summed E-state index contributed by atoms with van der Waals surface area (Å²) in [5.41, 5.74) is 2.83. The van der Waals surface area contributed by atoms with Gasteiger partial charge in [-0.2, -0.15) is 5.10 Å². The maximum atomic E-state index is 13.3. The van der Waals surface area contributed by atoms with E-state index in [1.807, 2.05) is 5.43 Å². The topological polar surface area (TPSA) is 40.2 Å². The molecule has 0 bridgehead atoms. The number of nitrogens with one attached hydrogen (secondary N) is 2. The number of benzene rings is 1. The minimum atomic E-state index is -2.21. The van der Waals surface area contributed by atoms with Gasteiger partial charge in [0.1, 0.15) is 5.69 Å². The molecule has 1 heterocycles. The van der Waals surface area contributed by atoms with Crippen molar-refractivity contribution in [1.29, 1.82) is 0 Å². The van der Waals surface area contributed by atoms with E-state index in [2.05, 4.69) is 10.1 Å². The van der Waals surface area contributed by atoms with Crippen LogP contribution < -0.4 is 5.43 Å². The monoisotopic (exact) mass is 303 g/mol. The van der Waals surface area contributed by atoms with Crippen molar-refractivity contribution < 1.29 is 22.0 Å². The highest BCUT2D eigenvalue weighted by Crippen LogP contribution is 2.27. The van der Waals surface area contributed by atoms with Gasteiger partial charge in [-0.05, 0) is 19.9 Å². The second-order valence-corrected chi connectivity index (χ2v) is 4.35. The van der Waals surface area contributed by atoms with Crippen LogP contribution in [-0.4, -0.2) is 11.2 Å². The van der Waals surface area contributed by atoms with Crippen molar-refractivity contribution in [3.8, 4) is 0 Å².